The molecule has 3 heteroatoms. The maximum Gasteiger partial charge on any atom is 0.338 e. The van der Waals surface area contributed by atoms with Crippen LogP contribution in [0.4, 0.5) is 5.69 Å². The van der Waals surface area contributed by atoms with Gasteiger partial charge in [-0.3, -0.25) is 0 Å². The van der Waals surface area contributed by atoms with Crippen LogP contribution in [0.3, 0.4) is 0 Å². The van der Waals surface area contributed by atoms with E-state index in [-0.39, 0.29) is 5.97 Å². The molecule has 1 N–H and O–H groups in total. The second-order valence-corrected chi connectivity index (χ2v) is 3.28. The first-order valence-corrected chi connectivity index (χ1v) is 5.20. The number of benzene rings is 1. The molecular weight excluding hydrogens is 190 g/mol. The van der Waals surface area contributed by atoms with E-state index < -0.39 is 0 Å². The third kappa shape index (κ3) is 2.98. The van der Waals surface area contributed by atoms with Gasteiger partial charge in [-0.15, -0.1) is 0 Å². The van der Waals surface area contributed by atoms with Crippen molar-refractivity contribution in [2.45, 2.75) is 20.8 Å². The van der Waals surface area contributed by atoms with E-state index in [1.54, 1.807) is 13.0 Å². The molecule has 0 fully saturated rings. The fourth-order valence-corrected chi connectivity index (χ4v) is 1.34. The number of carbonyl (C=O) groups excluding carboxylic acids is 1. The van der Waals surface area contributed by atoms with Crippen LogP contribution in [0.5, 0.6) is 0 Å². The molecule has 82 valence electrons. The normalized spacial score (nSPS) is 9.80. The van der Waals surface area contributed by atoms with Crippen molar-refractivity contribution in [1.29, 1.82) is 0 Å². The first-order valence-electron chi connectivity index (χ1n) is 5.20. The summed E-state index contributed by atoms with van der Waals surface area (Å²) in [5, 5.41) is 3.21. The largest absolute Gasteiger partial charge is 0.462 e. The first-order chi connectivity index (χ1) is 7.19. The van der Waals surface area contributed by atoms with Crippen LogP contribution in [-0.4, -0.2) is 19.1 Å². The Hall–Kier alpha value is -1.51. The lowest BCUT2D eigenvalue weighted by atomic mass is 10.1. The fourth-order valence-electron chi connectivity index (χ4n) is 1.34. The van der Waals surface area contributed by atoms with Gasteiger partial charge >= 0.3 is 5.97 Å². The van der Waals surface area contributed by atoms with Crippen molar-refractivity contribution in [1.82, 2.24) is 0 Å². The SMILES string of the molecule is CCNc1cc(C(=O)OCC)ccc1C. The summed E-state index contributed by atoms with van der Waals surface area (Å²) in [5.74, 6) is -0.267. The number of hydrogen-bond acceptors (Lipinski definition) is 3. The van der Waals surface area contributed by atoms with Gasteiger partial charge in [-0.2, -0.15) is 0 Å². The lowest BCUT2D eigenvalue weighted by Crippen LogP contribution is -2.06. The molecule has 1 rings (SSSR count). The molecule has 0 amide bonds. The molecule has 0 aromatic heterocycles. The Morgan fingerprint density at radius 3 is 2.73 bits per heavy atom. The van der Waals surface area contributed by atoms with Crippen LogP contribution >= 0.6 is 0 Å². The van der Waals surface area contributed by atoms with Crippen molar-refractivity contribution >= 4 is 11.7 Å². The molecular formula is C12H17NO2. The zero-order chi connectivity index (χ0) is 11.3. The number of hydrogen-bond donors (Lipinski definition) is 1. The minimum atomic E-state index is -0.267. The monoisotopic (exact) mass is 207 g/mol. The predicted octanol–water partition coefficient (Wildman–Crippen LogP) is 2.60. The smallest absolute Gasteiger partial charge is 0.338 e. The van der Waals surface area contributed by atoms with E-state index in [4.69, 9.17) is 4.74 Å². The molecule has 0 aliphatic carbocycles. The summed E-state index contributed by atoms with van der Waals surface area (Å²) < 4.78 is 4.93. The minimum Gasteiger partial charge on any atom is -0.462 e. The summed E-state index contributed by atoms with van der Waals surface area (Å²) in [4.78, 5) is 11.5. The van der Waals surface area contributed by atoms with E-state index in [0.717, 1.165) is 17.8 Å². The standard InChI is InChI=1S/C12H17NO2/c1-4-13-11-8-10(7-6-9(11)3)12(14)15-5-2/h6-8,13H,4-5H2,1-3H3. The number of nitrogens with one attached hydrogen (secondary N) is 1. The molecule has 0 unspecified atom stereocenters. The zero-order valence-corrected chi connectivity index (χ0v) is 9.46. The fraction of sp³-hybridized carbons (Fsp3) is 0.417. The van der Waals surface area contributed by atoms with Crippen molar-refractivity contribution in [2.75, 3.05) is 18.5 Å². The molecule has 0 spiro atoms. The quantitative estimate of drug-likeness (QED) is 0.771. The minimum absolute atomic E-state index is 0.267. The van der Waals surface area contributed by atoms with E-state index in [9.17, 15) is 4.79 Å². The van der Waals surface area contributed by atoms with E-state index in [1.165, 1.54) is 0 Å². The van der Waals surface area contributed by atoms with Gasteiger partial charge < -0.3 is 10.1 Å². The molecule has 0 saturated carbocycles. The van der Waals surface area contributed by atoms with Gasteiger partial charge in [-0.25, -0.2) is 4.79 Å². The topological polar surface area (TPSA) is 38.3 Å². The van der Waals surface area contributed by atoms with Gasteiger partial charge in [-0.1, -0.05) is 6.07 Å². The van der Waals surface area contributed by atoms with Crippen LogP contribution in [0, 0.1) is 6.92 Å². The number of ether oxygens (including phenoxy) is 1. The average molecular weight is 207 g/mol. The highest BCUT2D eigenvalue weighted by Gasteiger charge is 2.07. The molecule has 0 bridgehead atoms. The third-order valence-electron chi connectivity index (χ3n) is 2.12. The predicted molar refractivity (Wildman–Crippen MR) is 61.3 cm³/mol. The summed E-state index contributed by atoms with van der Waals surface area (Å²) in [6, 6.07) is 5.54. The van der Waals surface area contributed by atoms with Crippen LogP contribution in [0.2, 0.25) is 0 Å². The Balaban J connectivity index is 2.91. The van der Waals surface area contributed by atoms with Gasteiger partial charge in [0.1, 0.15) is 0 Å². The number of aryl methyl sites for hydroxylation is 1. The summed E-state index contributed by atoms with van der Waals surface area (Å²) in [5.41, 5.74) is 2.71. The molecule has 15 heavy (non-hydrogen) atoms. The molecule has 0 aliphatic rings. The van der Waals surface area contributed by atoms with Crippen LogP contribution < -0.4 is 5.32 Å². The summed E-state index contributed by atoms with van der Waals surface area (Å²) >= 11 is 0. The number of rotatable bonds is 4. The molecule has 0 heterocycles. The van der Waals surface area contributed by atoms with Gasteiger partial charge in [0.25, 0.3) is 0 Å². The van der Waals surface area contributed by atoms with Crippen LogP contribution in [0.1, 0.15) is 29.8 Å². The van der Waals surface area contributed by atoms with Crippen molar-refractivity contribution in [3.05, 3.63) is 29.3 Å². The van der Waals surface area contributed by atoms with Gasteiger partial charge in [0.05, 0.1) is 12.2 Å². The van der Waals surface area contributed by atoms with Crippen molar-refractivity contribution in [3.63, 3.8) is 0 Å². The van der Waals surface area contributed by atoms with Crippen LogP contribution in [0.25, 0.3) is 0 Å². The van der Waals surface area contributed by atoms with E-state index >= 15 is 0 Å². The highest BCUT2D eigenvalue weighted by Crippen LogP contribution is 2.17. The van der Waals surface area contributed by atoms with Gasteiger partial charge in [0, 0.05) is 12.2 Å². The van der Waals surface area contributed by atoms with Crippen LogP contribution in [0.15, 0.2) is 18.2 Å². The Bertz CT molecular complexity index is 347. The van der Waals surface area contributed by atoms with Crippen molar-refractivity contribution in [2.24, 2.45) is 0 Å². The molecule has 1 aromatic rings. The van der Waals surface area contributed by atoms with Crippen LogP contribution in [-0.2, 0) is 4.74 Å². The maximum atomic E-state index is 11.5. The highest BCUT2D eigenvalue weighted by molar-refractivity contribution is 5.90. The number of esters is 1. The summed E-state index contributed by atoms with van der Waals surface area (Å²) in [6.07, 6.45) is 0. The van der Waals surface area contributed by atoms with Crippen molar-refractivity contribution in [3.8, 4) is 0 Å². The number of anilines is 1. The van der Waals surface area contributed by atoms with E-state index in [0.29, 0.717) is 12.2 Å². The van der Waals surface area contributed by atoms with E-state index in [2.05, 4.69) is 5.32 Å². The molecule has 0 aliphatic heterocycles. The Kier molecular flexibility index (Phi) is 4.16. The Labute approximate surface area is 90.4 Å². The average Bonchev–Trinajstić information content (AvgIpc) is 2.22. The Morgan fingerprint density at radius 1 is 1.40 bits per heavy atom. The molecule has 0 saturated heterocycles. The highest BCUT2D eigenvalue weighted by atomic mass is 16.5. The third-order valence-corrected chi connectivity index (χ3v) is 2.12. The lowest BCUT2D eigenvalue weighted by Gasteiger charge is -2.09. The second-order valence-electron chi connectivity index (χ2n) is 3.28. The summed E-state index contributed by atoms with van der Waals surface area (Å²) in [6.45, 7) is 7.08. The molecule has 0 radical (unpaired) electrons. The number of carbonyl (C=O) groups is 1. The first kappa shape index (κ1) is 11.6. The van der Waals surface area contributed by atoms with Gasteiger partial charge in [0.15, 0.2) is 0 Å². The molecule has 0 atom stereocenters. The Morgan fingerprint density at radius 2 is 2.13 bits per heavy atom. The van der Waals surface area contributed by atoms with Gasteiger partial charge in [0.2, 0.25) is 0 Å². The summed E-state index contributed by atoms with van der Waals surface area (Å²) in [7, 11) is 0. The maximum absolute atomic E-state index is 11.5. The second kappa shape index (κ2) is 5.39. The molecule has 3 nitrogen and oxygen atoms in total. The zero-order valence-electron chi connectivity index (χ0n) is 9.46. The van der Waals surface area contributed by atoms with E-state index in [1.807, 2.05) is 26.0 Å². The molecule has 1 aromatic carbocycles. The van der Waals surface area contributed by atoms with Gasteiger partial charge in [-0.05, 0) is 38.5 Å². The van der Waals surface area contributed by atoms with Crippen molar-refractivity contribution < 1.29 is 9.53 Å². The lowest BCUT2D eigenvalue weighted by molar-refractivity contribution is 0.0526.